The molecule has 1 aromatic heterocycles. The highest BCUT2D eigenvalue weighted by atomic mass is 32.1. The normalized spacial score (nSPS) is 22.2. The minimum atomic E-state index is 0.382. The van der Waals surface area contributed by atoms with Crippen molar-refractivity contribution in [1.29, 1.82) is 0 Å². The van der Waals surface area contributed by atoms with Gasteiger partial charge in [0, 0.05) is 18.5 Å². The second-order valence-electron chi connectivity index (χ2n) is 5.55. The molecule has 3 rings (SSSR count). The van der Waals surface area contributed by atoms with Crippen LogP contribution in [0, 0.1) is 0 Å². The average Bonchev–Trinajstić information content (AvgIpc) is 2.92. The molecule has 1 aliphatic rings. The fourth-order valence-electron chi connectivity index (χ4n) is 3.34. The third-order valence-electron chi connectivity index (χ3n) is 4.42. The van der Waals surface area contributed by atoms with E-state index >= 15 is 0 Å². The summed E-state index contributed by atoms with van der Waals surface area (Å²) in [5, 5.41) is 1.22. The molecule has 2 N–H and O–H groups in total. The molecule has 2 unspecified atom stereocenters. The van der Waals surface area contributed by atoms with E-state index < -0.39 is 0 Å². The number of fused-ring (bicyclic) bond motifs is 1. The zero-order valence-electron chi connectivity index (χ0n) is 12.1. The van der Waals surface area contributed by atoms with Gasteiger partial charge in [-0.05, 0) is 38.1 Å². The Morgan fingerprint density at radius 3 is 3.00 bits per heavy atom. The zero-order valence-corrected chi connectivity index (χ0v) is 12.9. The van der Waals surface area contributed by atoms with Crippen molar-refractivity contribution in [3.05, 3.63) is 29.3 Å². The Bertz CT molecular complexity index is 533. The van der Waals surface area contributed by atoms with Gasteiger partial charge in [0.1, 0.15) is 0 Å². The zero-order chi connectivity index (χ0) is 13.9. The number of aromatic nitrogens is 1. The van der Waals surface area contributed by atoms with Crippen molar-refractivity contribution in [2.75, 3.05) is 19.6 Å². The lowest BCUT2D eigenvalue weighted by Crippen LogP contribution is -2.45. The number of rotatable bonds is 4. The summed E-state index contributed by atoms with van der Waals surface area (Å²) in [6.07, 6.45) is 3.90. The van der Waals surface area contributed by atoms with Crippen LogP contribution < -0.4 is 5.73 Å². The van der Waals surface area contributed by atoms with E-state index in [-0.39, 0.29) is 0 Å². The first-order valence-electron chi connectivity index (χ1n) is 7.63. The number of hydrogen-bond donors (Lipinski definition) is 1. The summed E-state index contributed by atoms with van der Waals surface area (Å²) in [6, 6.07) is 8.96. The highest BCUT2D eigenvalue weighted by Crippen LogP contribution is 2.34. The summed E-state index contributed by atoms with van der Waals surface area (Å²) >= 11 is 1.82. The van der Waals surface area contributed by atoms with Gasteiger partial charge in [-0.15, -0.1) is 11.3 Å². The van der Waals surface area contributed by atoms with Gasteiger partial charge in [0.15, 0.2) is 0 Å². The molecular formula is C16H23N3S. The molecule has 1 fully saturated rings. The predicted molar refractivity (Wildman–Crippen MR) is 86.3 cm³/mol. The molecule has 0 amide bonds. The van der Waals surface area contributed by atoms with E-state index in [0.717, 1.165) is 12.1 Å². The monoisotopic (exact) mass is 289 g/mol. The highest BCUT2D eigenvalue weighted by Gasteiger charge is 2.31. The number of nitrogens with two attached hydrogens (primary N) is 1. The van der Waals surface area contributed by atoms with Crippen molar-refractivity contribution in [3.63, 3.8) is 0 Å². The first-order valence-corrected chi connectivity index (χ1v) is 8.44. The van der Waals surface area contributed by atoms with Crippen LogP contribution in [0.5, 0.6) is 0 Å². The van der Waals surface area contributed by atoms with Crippen molar-refractivity contribution in [1.82, 2.24) is 9.88 Å². The fraction of sp³-hybridized carbons (Fsp3) is 0.562. The second-order valence-corrected chi connectivity index (χ2v) is 6.62. The number of likely N-dealkylation sites (N-methyl/N-ethyl adjacent to an activating group) is 1. The summed E-state index contributed by atoms with van der Waals surface area (Å²) in [6.45, 7) is 5.28. The molecule has 1 saturated heterocycles. The number of nitrogens with zero attached hydrogens (tertiary/aromatic N) is 2. The van der Waals surface area contributed by atoms with E-state index in [1.807, 2.05) is 11.3 Å². The molecule has 2 heterocycles. The molecule has 0 saturated carbocycles. The molecule has 3 nitrogen and oxygen atoms in total. The number of piperidine rings is 1. The van der Waals surface area contributed by atoms with Crippen molar-refractivity contribution in [2.45, 2.75) is 38.1 Å². The summed E-state index contributed by atoms with van der Waals surface area (Å²) in [5.41, 5.74) is 7.23. The lowest BCUT2D eigenvalue weighted by Gasteiger charge is -2.38. The van der Waals surface area contributed by atoms with E-state index in [1.165, 1.54) is 35.5 Å². The van der Waals surface area contributed by atoms with Crippen LogP contribution in [0.15, 0.2) is 24.3 Å². The Morgan fingerprint density at radius 2 is 2.25 bits per heavy atom. The van der Waals surface area contributed by atoms with Crippen LogP contribution in [-0.4, -0.2) is 35.6 Å². The van der Waals surface area contributed by atoms with Crippen LogP contribution in [-0.2, 0) is 0 Å². The Balaban J connectivity index is 1.91. The van der Waals surface area contributed by atoms with Gasteiger partial charge in [-0.1, -0.05) is 25.5 Å². The van der Waals surface area contributed by atoms with Gasteiger partial charge in [0.2, 0.25) is 0 Å². The maximum atomic E-state index is 6.11. The van der Waals surface area contributed by atoms with Gasteiger partial charge < -0.3 is 5.73 Å². The summed E-state index contributed by atoms with van der Waals surface area (Å²) in [4.78, 5) is 7.43. The maximum Gasteiger partial charge on any atom is 0.0997 e. The van der Waals surface area contributed by atoms with Crippen LogP contribution in [0.2, 0.25) is 0 Å². The Kier molecular flexibility index (Phi) is 4.34. The van der Waals surface area contributed by atoms with E-state index in [4.69, 9.17) is 10.7 Å². The number of benzene rings is 1. The van der Waals surface area contributed by atoms with Gasteiger partial charge in [0.05, 0.1) is 15.2 Å². The average molecular weight is 289 g/mol. The molecule has 2 atom stereocenters. The molecule has 108 valence electrons. The molecule has 20 heavy (non-hydrogen) atoms. The Hall–Kier alpha value is -0.970. The van der Waals surface area contributed by atoms with Crippen LogP contribution >= 0.6 is 11.3 Å². The lowest BCUT2D eigenvalue weighted by atomic mass is 9.90. The number of hydrogen-bond acceptors (Lipinski definition) is 4. The maximum absolute atomic E-state index is 6.11. The topological polar surface area (TPSA) is 42.1 Å². The number of likely N-dealkylation sites (tertiary alicyclic amines) is 1. The second kappa shape index (κ2) is 6.20. The van der Waals surface area contributed by atoms with Crippen molar-refractivity contribution < 1.29 is 0 Å². The van der Waals surface area contributed by atoms with Gasteiger partial charge in [-0.2, -0.15) is 0 Å². The van der Waals surface area contributed by atoms with Crippen LogP contribution in [0.3, 0.4) is 0 Å². The summed E-state index contributed by atoms with van der Waals surface area (Å²) in [5.74, 6) is 0.382. The van der Waals surface area contributed by atoms with Crippen molar-refractivity contribution in [2.24, 2.45) is 5.73 Å². The predicted octanol–water partition coefficient (Wildman–Crippen LogP) is 3.21. The van der Waals surface area contributed by atoms with E-state index in [9.17, 15) is 0 Å². The van der Waals surface area contributed by atoms with Gasteiger partial charge >= 0.3 is 0 Å². The molecule has 0 radical (unpaired) electrons. The summed E-state index contributed by atoms with van der Waals surface area (Å²) < 4.78 is 1.28. The van der Waals surface area contributed by atoms with E-state index in [0.29, 0.717) is 18.5 Å². The largest absolute Gasteiger partial charge is 0.330 e. The minimum absolute atomic E-state index is 0.382. The van der Waals surface area contributed by atoms with Crippen molar-refractivity contribution in [3.8, 4) is 0 Å². The molecule has 1 aliphatic heterocycles. The minimum Gasteiger partial charge on any atom is -0.330 e. The van der Waals surface area contributed by atoms with Gasteiger partial charge in [-0.25, -0.2) is 4.98 Å². The number of para-hydroxylation sites is 1. The first kappa shape index (κ1) is 14.0. The molecule has 0 aliphatic carbocycles. The summed E-state index contributed by atoms with van der Waals surface area (Å²) in [7, 11) is 0. The fourth-order valence-corrected chi connectivity index (χ4v) is 4.48. The van der Waals surface area contributed by atoms with Crippen molar-refractivity contribution >= 4 is 21.6 Å². The van der Waals surface area contributed by atoms with Crippen LogP contribution in [0.4, 0.5) is 0 Å². The highest BCUT2D eigenvalue weighted by molar-refractivity contribution is 7.18. The lowest BCUT2D eigenvalue weighted by molar-refractivity contribution is 0.134. The van der Waals surface area contributed by atoms with Crippen LogP contribution in [0.25, 0.3) is 10.2 Å². The molecular weight excluding hydrogens is 266 g/mol. The smallest absolute Gasteiger partial charge is 0.0997 e. The first-order chi connectivity index (χ1) is 9.83. The molecule has 0 spiro atoms. The third kappa shape index (κ3) is 2.60. The Labute approximate surface area is 124 Å². The molecule has 0 bridgehead atoms. The van der Waals surface area contributed by atoms with E-state index in [2.05, 4.69) is 36.1 Å². The molecule has 1 aromatic carbocycles. The van der Waals surface area contributed by atoms with Gasteiger partial charge in [-0.3, -0.25) is 4.90 Å². The quantitative estimate of drug-likeness (QED) is 0.939. The number of thiazole rings is 1. The van der Waals surface area contributed by atoms with Gasteiger partial charge in [0.25, 0.3) is 0 Å². The standard InChI is InChI=1S/C16H23N3S/c1-2-19-10-6-5-8-14(19)12(11-17)16-18-13-7-3-4-9-15(13)20-16/h3-4,7,9,12,14H,2,5-6,8,10-11,17H2,1H3. The molecule has 4 heteroatoms. The van der Waals surface area contributed by atoms with E-state index in [1.54, 1.807) is 0 Å². The SMILES string of the molecule is CCN1CCCCC1C(CN)c1nc2ccccc2s1. The van der Waals surface area contributed by atoms with Crippen LogP contribution in [0.1, 0.15) is 37.1 Å². The molecule has 2 aromatic rings. The third-order valence-corrected chi connectivity index (χ3v) is 5.58. The Morgan fingerprint density at radius 1 is 1.40 bits per heavy atom.